The Hall–Kier alpha value is -2.12. The van der Waals surface area contributed by atoms with Gasteiger partial charge in [-0.3, -0.25) is 9.52 Å². The summed E-state index contributed by atoms with van der Waals surface area (Å²) in [6.45, 7) is 4.95. The van der Waals surface area contributed by atoms with E-state index in [0.29, 0.717) is 18.7 Å². The molecular weight excluding hydrogens is 367 g/mol. The lowest BCUT2D eigenvalue weighted by molar-refractivity contribution is 0.0773. The molecule has 0 spiro atoms. The molecule has 0 saturated carbocycles. The van der Waals surface area contributed by atoms with Crippen molar-refractivity contribution in [2.45, 2.75) is 18.7 Å². The summed E-state index contributed by atoms with van der Waals surface area (Å²) in [5, 5.41) is -0.208. The predicted molar refractivity (Wildman–Crippen MR) is 95.9 cm³/mol. The van der Waals surface area contributed by atoms with Crippen molar-refractivity contribution in [3.63, 3.8) is 0 Å². The van der Waals surface area contributed by atoms with Crippen LogP contribution in [0.1, 0.15) is 24.2 Å². The number of carbonyl (C=O) groups excluding carboxylic acids is 1. The minimum absolute atomic E-state index is 0.124. The number of halogens is 2. The third-order valence-corrected chi connectivity index (χ3v) is 5.48. The molecule has 1 N–H and O–H groups in total. The number of hydrogen-bond acceptors (Lipinski definition) is 3. The molecule has 5 nitrogen and oxygen atoms in total. The van der Waals surface area contributed by atoms with E-state index in [-0.39, 0.29) is 21.5 Å². The van der Waals surface area contributed by atoms with E-state index in [2.05, 4.69) is 4.72 Å². The van der Waals surface area contributed by atoms with E-state index in [1.807, 2.05) is 13.8 Å². The van der Waals surface area contributed by atoms with Gasteiger partial charge in [0.25, 0.3) is 15.9 Å². The largest absolute Gasteiger partial charge is 0.339 e. The van der Waals surface area contributed by atoms with Gasteiger partial charge in [-0.25, -0.2) is 12.8 Å². The molecule has 8 heteroatoms. The summed E-state index contributed by atoms with van der Waals surface area (Å²) in [6, 6.07) is 9.12. The van der Waals surface area contributed by atoms with Crippen LogP contribution in [0, 0.1) is 5.82 Å². The monoisotopic (exact) mass is 384 g/mol. The molecular formula is C17H18ClFN2O3S. The maximum atomic E-state index is 13.1. The molecule has 0 aliphatic rings. The zero-order chi connectivity index (χ0) is 18.6. The van der Waals surface area contributed by atoms with Gasteiger partial charge in [-0.05, 0) is 56.3 Å². The number of benzene rings is 2. The van der Waals surface area contributed by atoms with Crippen molar-refractivity contribution in [1.29, 1.82) is 0 Å². The molecule has 0 radical (unpaired) electrons. The standard InChI is InChI=1S/C17H18ClFN2O3S/c1-3-21(4-2)17(22)12-5-8-14(9-6-12)20-25(23,24)16-10-7-13(19)11-15(16)18/h5-11,20H,3-4H2,1-2H3. The minimum atomic E-state index is -3.96. The molecule has 0 aromatic heterocycles. The molecule has 0 atom stereocenters. The van der Waals surface area contributed by atoms with E-state index < -0.39 is 15.8 Å². The highest BCUT2D eigenvalue weighted by Gasteiger charge is 2.19. The van der Waals surface area contributed by atoms with Crippen LogP contribution in [0.5, 0.6) is 0 Å². The van der Waals surface area contributed by atoms with Crippen molar-refractivity contribution in [3.05, 3.63) is 58.9 Å². The normalized spacial score (nSPS) is 11.2. The molecule has 0 fully saturated rings. The lowest BCUT2D eigenvalue weighted by Crippen LogP contribution is -2.30. The van der Waals surface area contributed by atoms with E-state index in [0.717, 1.165) is 18.2 Å². The predicted octanol–water partition coefficient (Wildman–Crippen LogP) is 3.76. The average molecular weight is 385 g/mol. The number of nitrogens with one attached hydrogen (secondary N) is 1. The fraction of sp³-hybridized carbons (Fsp3) is 0.235. The Bertz CT molecular complexity index is 866. The SMILES string of the molecule is CCN(CC)C(=O)c1ccc(NS(=O)(=O)c2ccc(F)cc2Cl)cc1. The van der Waals surface area contributed by atoms with Gasteiger partial charge in [0, 0.05) is 24.3 Å². The number of amides is 1. The van der Waals surface area contributed by atoms with Crippen LogP contribution < -0.4 is 4.72 Å². The van der Waals surface area contributed by atoms with Gasteiger partial charge in [0.15, 0.2) is 0 Å². The first kappa shape index (κ1) is 19.2. The summed E-state index contributed by atoms with van der Waals surface area (Å²) in [5.74, 6) is -0.746. The maximum absolute atomic E-state index is 13.1. The zero-order valence-electron chi connectivity index (χ0n) is 13.8. The van der Waals surface area contributed by atoms with Crippen LogP contribution in [-0.4, -0.2) is 32.3 Å². The van der Waals surface area contributed by atoms with Crippen molar-refractivity contribution in [2.75, 3.05) is 17.8 Å². The van der Waals surface area contributed by atoms with E-state index in [9.17, 15) is 17.6 Å². The molecule has 0 unspecified atom stereocenters. The Kier molecular flexibility index (Phi) is 6.02. The van der Waals surface area contributed by atoms with Gasteiger partial charge in [0.2, 0.25) is 0 Å². The molecule has 1 amide bonds. The minimum Gasteiger partial charge on any atom is -0.339 e. The second kappa shape index (κ2) is 7.84. The smallest absolute Gasteiger partial charge is 0.263 e. The molecule has 2 aromatic carbocycles. The third kappa shape index (κ3) is 4.49. The van der Waals surface area contributed by atoms with Gasteiger partial charge in [-0.15, -0.1) is 0 Å². The first-order valence-corrected chi connectivity index (χ1v) is 9.51. The van der Waals surface area contributed by atoms with E-state index >= 15 is 0 Å². The Morgan fingerprint density at radius 2 is 1.72 bits per heavy atom. The number of sulfonamides is 1. The molecule has 2 rings (SSSR count). The molecule has 0 aliphatic heterocycles. The molecule has 2 aromatic rings. The lowest BCUT2D eigenvalue weighted by Gasteiger charge is -2.18. The number of carbonyl (C=O) groups is 1. The quantitative estimate of drug-likeness (QED) is 0.824. The van der Waals surface area contributed by atoms with Gasteiger partial charge >= 0.3 is 0 Å². The topological polar surface area (TPSA) is 66.5 Å². The van der Waals surface area contributed by atoms with Crippen molar-refractivity contribution < 1.29 is 17.6 Å². The van der Waals surface area contributed by atoms with Crippen LogP contribution in [0.15, 0.2) is 47.4 Å². The highest BCUT2D eigenvalue weighted by Crippen LogP contribution is 2.24. The first-order valence-electron chi connectivity index (χ1n) is 7.65. The molecule has 0 bridgehead atoms. The van der Waals surface area contributed by atoms with Gasteiger partial charge in [-0.2, -0.15) is 0 Å². The van der Waals surface area contributed by atoms with Crippen molar-refractivity contribution >= 4 is 33.2 Å². The fourth-order valence-corrected chi connectivity index (χ4v) is 3.87. The number of anilines is 1. The van der Waals surface area contributed by atoms with E-state index in [4.69, 9.17) is 11.6 Å². The van der Waals surface area contributed by atoms with Crippen molar-refractivity contribution in [3.8, 4) is 0 Å². The average Bonchev–Trinajstić information content (AvgIpc) is 2.55. The Morgan fingerprint density at radius 1 is 1.12 bits per heavy atom. The highest BCUT2D eigenvalue weighted by molar-refractivity contribution is 7.92. The molecule has 25 heavy (non-hydrogen) atoms. The van der Waals surface area contributed by atoms with Crippen LogP contribution in [0.4, 0.5) is 10.1 Å². The molecule has 0 heterocycles. The van der Waals surface area contributed by atoms with Gasteiger partial charge < -0.3 is 4.90 Å². The van der Waals surface area contributed by atoms with Gasteiger partial charge in [0.1, 0.15) is 10.7 Å². The third-order valence-electron chi connectivity index (χ3n) is 3.62. The Balaban J connectivity index is 2.22. The lowest BCUT2D eigenvalue weighted by atomic mass is 10.2. The fourth-order valence-electron chi connectivity index (χ4n) is 2.28. The van der Waals surface area contributed by atoms with Crippen LogP contribution in [0.2, 0.25) is 5.02 Å². The second-order valence-corrected chi connectivity index (χ2v) is 7.29. The van der Waals surface area contributed by atoms with Crippen LogP contribution >= 0.6 is 11.6 Å². The summed E-state index contributed by atoms with van der Waals surface area (Å²) in [7, 11) is -3.96. The molecule has 0 saturated heterocycles. The van der Waals surface area contributed by atoms with Crippen LogP contribution in [0.3, 0.4) is 0 Å². The Labute approximate surface area is 151 Å². The van der Waals surface area contributed by atoms with Crippen molar-refractivity contribution in [2.24, 2.45) is 0 Å². The highest BCUT2D eigenvalue weighted by atomic mass is 35.5. The first-order chi connectivity index (χ1) is 11.8. The second-order valence-electron chi connectivity index (χ2n) is 5.24. The van der Waals surface area contributed by atoms with E-state index in [1.165, 1.54) is 12.1 Å². The molecule has 0 aliphatic carbocycles. The summed E-state index contributed by atoms with van der Waals surface area (Å²) < 4.78 is 40.1. The molecule has 134 valence electrons. The number of rotatable bonds is 6. The van der Waals surface area contributed by atoms with Gasteiger partial charge in [-0.1, -0.05) is 11.6 Å². The van der Waals surface area contributed by atoms with E-state index in [1.54, 1.807) is 17.0 Å². The zero-order valence-corrected chi connectivity index (χ0v) is 15.4. The Morgan fingerprint density at radius 3 is 2.24 bits per heavy atom. The van der Waals surface area contributed by atoms with Crippen molar-refractivity contribution in [1.82, 2.24) is 4.90 Å². The summed E-state index contributed by atoms with van der Waals surface area (Å²) >= 11 is 5.80. The van der Waals surface area contributed by atoms with Crippen LogP contribution in [0.25, 0.3) is 0 Å². The maximum Gasteiger partial charge on any atom is 0.263 e. The summed E-state index contributed by atoms with van der Waals surface area (Å²) in [4.78, 5) is 13.7. The summed E-state index contributed by atoms with van der Waals surface area (Å²) in [5.41, 5.74) is 0.739. The number of hydrogen-bond donors (Lipinski definition) is 1. The van der Waals surface area contributed by atoms with Crippen LogP contribution in [-0.2, 0) is 10.0 Å². The summed E-state index contributed by atoms with van der Waals surface area (Å²) in [6.07, 6.45) is 0. The van der Waals surface area contributed by atoms with Gasteiger partial charge in [0.05, 0.1) is 5.02 Å². The number of nitrogens with zero attached hydrogens (tertiary/aromatic N) is 1.